The summed E-state index contributed by atoms with van der Waals surface area (Å²) in [7, 11) is 0. The predicted octanol–water partition coefficient (Wildman–Crippen LogP) is 5.48. The van der Waals surface area contributed by atoms with Crippen molar-refractivity contribution in [3.63, 3.8) is 0 Å². The number of allylic oxidation sites excluding steroid dienone is 8. The van der Waals surface area contributed by atoms with E-state index in [-0.39, 0.29) is 12.0 Å². The zero-order chi connectivity index (χ0) is 20.3. The van der Waals surface area contributed by atoms with Crippen molar-refractivity contribution in [2.45, 2.75) is 77.8 Å². The standard InChI is InChI=1S/C24H38O3/c1-6-7-8-9-11-14-19(2)17-20(3)15-12-10-13-16-22-18-23(25)21(4)24(5,26)27-22/h6,9-15,20-23,25-26H,1,7-8,16-18H2,2-5H3/b11-9+,13-10+,15-12+,19-14+/t20-,21-,22-,23+,24+/m1/s1. The Morgan fingerprint density at radius 1 is 1.26 bits per heavy atom. The minimum absolute atomic E-state index is 0.147. The van der Waals surface area contributed by atoms with Crippen LogP contribution in [0.5, 0.6) is 0 Å². The van der Waals surface area contributed by atoms with E-state index >= 15 is 0 Å². The molecule has 0 unspecified atom stereocenters. The second-order valence-corrected chi connectivity index (χ2v) is 7.92. The number of aliphatic hydroxyl groups excluding tert-OH is 1. The maximum absolute atomic E-state index is 10.2. The summed E-state index contributed by atoms with van der Waals surface area (Å²) in [5, 5.41) is 20.3. The highest BCUT2D eigenvalue weighted by molar-refractivity contribution is 5.13. The summed E-state index contributed by atoms with van der Waals surface area (Å²) in [6, 6.07) is 0. The van der Waals surface area contributed by atoms with Crippen LogP contribution >= 0.6 is 0 Å². The predicted molar refractivity (Wildman–Crippen MR) is 114 cm³/mol. The first kappa shape index (κ1) is 23.6. The topological polar surface area (TPSA) is 49.7 Å². The molecule has 1 heterocycles. The van der Waals surface area contributed by atoms with E-state index < -0.39 is 11.9 Å². The zero-order valence-electron chi connectivity index (χ0n) is 17.5. The lowest BCUT2D eigenvalue weighted by Gasteiger charge is -2.42. The molecule has 0 aromatic carbocycles. The fourth-order valence-corrected chi connectivity index (χ4v) is 3.22. The van der Waals surface area contributed by atoms with Gasteiger partial charge >= 0.3 is 0 Å². The normalized spacial score (nSPS) is 31.2. The van der Waals surface area contributed by atoms with Crippen LogP contribution in [0, 0.1) is 11.8 Å². The van der Waals surface area contributed by atoms with Crippen LogP contribution in [-0.2, 0) is 4.74 Å². The number of hydrogen-bond donors (Lipinski definition) is 2. The first-order valence-electron chi connectivity index (χ1n) is 10.1. The highest BCUT2D eigenvalue weighted by Crippen LogP contribution is 2.33. The molecule has 0 aromatic rings. The first-order valence-corrected chi connectivity index (χ1v) is 10.1. The minimum atomic E-state index is -1.26. The fourth-order valence-electron chi connectivity index (χ4n) is 3.22. The van der Waals surface area contributed by atoms with Gasteiger partial charge in [-0.25, -0.2) is 0 Å². The number of hydrogen-bond acceptors (Lipinski definition) is 3. The molecular weight excluding hydrogens is 336 g/mol. The maximum atomic E-state index is 10.2. The second kappa shape index (κ2) is 12.1. The van der Waals surface area contributed by atoms with Gasteiger partial charge in [-0.3, -0.25) is 0 Å². The lowest BCUT2D eigenvalue weighted by Crippen LogP contribution is -2.50. The Balaban J connectivity index is 2.35. The highest BCUT2D eigenvalue weighted by Gasteiger charge is 2.42. The average Bonchev–Trinajstić information content (AvgIpc) is 2.58. The third kappa shape index (κ3) is 9.37. The maximum Gasteiger partial charge on any atom is 0.168 e. The van der Waals surface area contributed by atoms with Crippen molar-refractivity contribution < 1.29 is 14.9 Å². The fraction of sp³-hybridized carbons (Fsp3) is 0.583. The van der Waals surface area contributed by atoms with Gasteiger partial charge in [0.15, 0.2) is 5.79 Å². The lowest BCUT2D eigenvalue weighted by molar-refractivity contribution is -0.290. The Labute approximate surface area is 165 Å². The van der Waals surface area contributed by atoms with Gasteiger partial charge in [0.2, 0.25) is 0 Å². The number of aliphatic hydroxyl groups is 2. The first-order chi connectivity index (χ1) is 12.8. The molecule has 0 spiro atoms. The number of ether oxygens (including phenoxy) is 1. The molecule has 1 saturated heterocycles. The molecule has 1 fully saturated rings. The summed E-state index contributed by atoms with van der Waals surface area (Å²) in [6.45, 7) is 11.5. The lowest BCUT2D eigenvalue weighted by atomic mass is 9.87. The third-order valence-electron chi connectivity index (χ3n) is 5.12. The van der Waals surface area contributed by atoms with Crippen LogP contribution in [0.25, 0.3) is 0 Å². The quantitative estimate of drug-likeness (QED) is 0.302. The monoisotopic (exact) mass is 374 g/mol. The molecular formula is C24H38O3. The van der Waals surface area contributed by atoms with Crippen LogP contribution in [0.1, 0.15) is 59.8 Å². The van der Waals surface area contributed by atoms with Gasteiger partial charge in [-0.1, -0.05) is 68.0 Å². The molecule has 1 aliphatic heterocycles. The van der Waals surface area contributed by atoms with E-state index in [0.29, 0.717) is 18.8 Å². The summed E-state index contributed by atoms with van der Waals surface area (Å²) in [5.41, 5.74) is 1.37. The molecule has 2 N–H and O–H groups in total. The van der Waals surface area contributed by atoms with Crippen molar-refractivity contribution >= 4 is 0 Å². The average molecular weight is 375 g/mol. The Morgan fingerprint density at radius 3 is 2.67 bits per heavy atom. The molecule has 0 bridgehead atoms. The number of rotatable bonds is 10. The summed E-state index contributed by atoms with van der Waals surface area (Å²) in [6.07, 6.45) is 20.4. The summed E-state index contributed by atoms with van der Waals surface area (Å²) in [5.74, 6) is -1.06. The van der Waals surface area contributed by atoms with E-state index in [0.717, 1.165) is 19.3 Å². The van der Waals surface area contributed by atoms with E-state index in [1.54, 1.807) is 6.92 Å². The Hall–Kier alpha value is -1.42. The van der Waals surface area contributed by atoms with Gasteiger partial charge in [0, 0.05) is 12.3 Å². The molecule has 5 atom stereocenters. The summed E-state index contributed by atoms with van der Waals surface area (Å²) >= 11 is 0. The molecule has 27 heavy (non-hydrogen) atoms. The Kier molecular flexibility index (Phi) is 10.6. The van der Waals surface area contributed by atoms with Crippen LogP contribution in [0.3, 0.4) is 0 Å². The molecule has 152 valence electrons. The molecule has 0 amide bonds. The van der Waals surface area contributed by atoms with Gasteiger partial charge in [0.25, 0.3) is 0 Å². The largest absolute Gasteiger partial charge is 0.393 e. The Bertz CT molecular complexity index is 554. The van der Waals surface area contributed by atoms with Crippen LogP contribution in [0.15, 0.2) is 60.8 Å². The van der Waals surface area contributed by atoms with Crippen molar-refractivity contribution in [2.75, 3.05) is 0 Å². The molecule has 0 saturated carbocycles. The molecule has 1 rings (SSSR count). The smallest absolute Gasteiger partial charge is 0.168 e. The number of unbranched alkanes of at least 4 members (excludes halogenated alkanes) is 1. The second-order valence-electron chi connectivity index (χ2n) is 7.92. The van der Waals surface area contributed by atoms with E-state index in [9.17, 15) is 10.2 Å². The van der Waals surface area contributed by atoms with Gasteiger partial charge in [-0.2, -0.15) is 0 Å². The van der Waals surface area contributed by atoms with Crippen LogP contribution in [0.4, 0.5) is 0 Å². The van der Waals surface area contributed by atoms with Crippen LogP contribution in [-0.4, -0.2) is 28.2 Å². The van der Waals surface area contributed by atoms with Gasteiger partial charge in [0.1, 0.15) is 0 Å². The zero-order valence-corrected chi connectivity index (χ0v) is 17.5. The van der Waals surface area contributed by atoms with Crippen molar-refractivity contribution in [1.82, 2.24) is 0 Å². The van der Waals surface area contributed by atoms with E-state index in [2.05, 4.69) is 50.8 Å². The Morgan fingerprint density at radius 2 is 2.00 bits per heavy atom. The molecule has 3 heteroatoms. The third-order valence-corrected chi connectivity index (χ3v) is 5.12. The minimum Gasteiger partial charge on any atom is -0.393 e. The molecule has 0 aliphatic carbocycles. The van der Waals surface area contributed by atoms with Crippen LogP contribution in [0.2, 0.25) is 0 Å². The van der Waals surface area contributed by atoms with E-state index in [1.807, 2.05) is 25.2 Å². The highest BCUT2D eigenvalue weighted by atomic mass is 16.6. The summed E-state index contributed by atoms with van der Waals surface area (Å²) < 4.78 is 5.70. The van der Waals surface area contributed by atoms with E-state index in [1.165, 1.54) is 5.57 Å². The van der Waals surface area contributed by atoms with Crippen LogP contribution < -0.4 is 0 Å². The van der Waals surface area contributed by atoms with Gasteiger partial charge in [0.05, 0.1) is 12.2 Å². The van der Waals surface area contributed by atoms with Gasteiger partial charge in [-0.15, -0.1) is 6.58 Å². The summed E-state index contributed by atoms with van der Waals surface area (Å²) in [4.78, 5) is 0. The molecule has 0 radical (unpaired) electrons. The molecule has 1 aliphatic rings. The molecule has 3 nitrogen and oxygen atoms in total. The van der Waals surface area contributed by atoms with Crippen molar-refractivity contribution in [3.8, 4) is 0 Å². The van der Waals surface area contributed by atoms with Gasteiger partial charge < -0.3 is 14.9 Å². The van der Waals surface area contributed by atoms with Crippen molar-refractivity contribution in [1.29, 1.82) is 0 Å². The molecule has 0 aromatic heterocycles. The SMILES string of the molecule is C=CCC/C=C/C=C(\C)C[C@H](C)/C=C/C=C/C[C@@H]1C[C@H](O)[C@@H](C)[C@@](C)(O)O1. The van der Waals surface area contributed by atoms with Crippen molar-refractivity contribution in [2.24, 2.45) is 11.8 Å². The van der Waals surface area contributed by atoms with Crippen molar-refractivity contribution in [3.05, 3.63) is 60.8 Å². The van der Waals surface area contributed by atoms with E-state index in [4.69, 9.17) is 4.74 Å². The van der Waals surface area contributed by atoms with Gasteiger partial charge in [-0.05, 0) is 45.4 Å².